The van der Waals surface area contributed by atoms with Crippen LogP contribution in [0, 0.1) is 0 Å². The third-order valence-corrected chi connectivity index (χ3v) is 6.20. The minimum atomic E-state index is -0.0369. The topological polar surface area (TPSA) is 76.6 Å². The lowest BCUT2D eigenvalue weighted by Crippen LogP contribution is -2.41. The Balaban J connectivity index is 1.59. The molecule has 32 heavy (non-hydrogen) atoms. The zero-order valence-electron chi connectivity index (χ0n) is 18.2. The molecule has 0 aliphatic carbocycles. The number of likely N-dealkylation sites (tertiary alicyclic amines) is 1. The van der Waals surface area contributed by atoms with E-state index in [1.165, 1.54) is 17.3 Å². The van der Waals surface area contributed by atoms with Gasteiger partial charge >= 0.3 is 0 Å². The van der Waals surface area contributed by atoms with Gasteiger partial charge < -0.3 is 19.7 Å². The van der Waals surface area contributed by atoms with Gasteiger partial charge in [-0.3, -0.25) is 4.79 Å². The molecule has 0 saturated carbocycles. The summed E-state index contributed by atoms with van der Waals surface area (Å²) in [5.74, 6) is 1.93. The fraction of sp³-hybridized carbons (Fsp3) is 0.292. The standard InChI is InChI=1S/C24H26N4O3S/c1-4-23(29)28-10-8-17(9-11-28)31-22-13-19-20(14-21(22)30-2)25-15-26-24(19)27-16-6-5-7-18(12-16)32-3/h4-7,12-15,17H,1,8-11H2,2-3H3,(H,25,26,27). The van der Waals surface area contributed by atoms with Gasteiger partial charge in [-0.05, 0) is 36.6 Å². The number of aromatic nitrogens is 2. The molecule has 2 aromatic carbocycles. The van der Waals surface area contributed by atoms with Crippen LogP contribution in [-0.2, 0) is 4.79 Å². The van der Waals surface area contributed by atoms with Crippen LogP contribution in [-0.4, -0.2) is 53.3 Å². The van der Waals surface area contributed by atoms with Crippen molar-refractivity contribution in [3.8, 4) is 11.5 Å². The van der Waals surface area contributed by atoms with Crippen LogP contribution in [0.3, 0.4) is 0 Å². The molecule has 1 aromatic heterocycles. The van der Waals surface area contributed by atoms with Crippen LogP contribution in [0.4, 0.5) is 11.5 Å². The highest BCUT2D eigenvalue weighted by Crippen LogP contribution is 2.36. The summed E-state index contributed by atoms with van der Waals surface area (Å²) in [4.78, 5) is 23.7. The smallest absolute Gasteiger partial charge is 0.245 e. The Labute approximate surface area is 191 Å². The molecule has 1 aliphatic heterocycles. The van der Waals surface area contributed by atoms with Crippen LogP contribution in [0.25, 0.3) is 10.9 Å². The molecule has 0 bridgehead atoms. The predicted octanol–water partition coefficient (Wildman–Crippen LogP) is 4.66. The van der Waals surface area contributed by atoms with E-state index < -0.39 is 0 Å². The second-order valence-electron chi connectivity index (χ2n) is 7.45. The van der Waals surface area contributed by atoms with E-state index in [2.05, 4.69) is 34.0 Å². The molecule has 1 fully saturated rings. The van der Waals surface area contributed by atoms with E-state index in [1.807, 2.05) is 30.5 Å². The Hall–Kier alpha value is -3.26. The number of benzene rings is 2. The highest BCUT2D eigenvalue weighted by atomic mass is 32.2. The molecular formula is C24H26N4O3S. The molecule has 4 rings (SSSR count). The average molecular weight is 451 g/mol. The van der Waals surface area contributed by atoms with Gasteiger partial charge in [0.25, 0.3) is 0 Å². The second kappa shape index (κ2) is 9.91. The first-order chi connectivity index (χ1) is 15.6. The van der Waals surface area contributed by atoms with Crippen LogP contribution in [0.15, 0.2) is 60.3 Å². The lowest BCUT2D eigenvalue weighted by molar-refractivity contribution is -0.127. The summed E-state index contributed by atoms with van der Waals surface area (Å²) in [7, 11) is 1.62. The lowest BCUT2D eigenvalue weighted by Gasteiger charge is -2.31. The first-order valence-electron chi connectivity index (χ1n) is 10.4. The van der Waals surface area contributed by atoms with Gasteiger partial charge in [0.1, 0.15) is 18.2 Å². The van der Waals surface area contributed by atoms with Crippen LogP contribution in [0.1, 0.15) is 12.8 Å². The van der Waals surface area contributed by atoms with Crippen LogP contribution < -0.4 is 14.8 Å². The number of anilines is 2. The first kappa shape index (κ1) is 22.0. The number of carbonyl (C=O) groups is 1. The van der Waals surface area contributed by atoms with Crippen LogP contribution in [0.2, 0.25) is 0 Å². The Bertz CT molecular complexity index is 1130. The number of carbonyl (C=O) groups excluding carboxylic acids is 1. The fourth-order valence-corrected chi connectivity index (χ4v) is 4.21. The molecule has 0 spiro atoms. The average Bonchev–Trinajstić information content (AvgIpc) is 2.84. The molecule has 166 valence electrons. The van der Waals surface area contributed by atoms with Gasteiger partial charge in [-0.2, -0.15) is 0 Å². The van der Waals surface area contributed by atoms with Crippen molar-refractivity contribution >= 4 is 40.1 Å². The van der Waals surface area contributed by atoms with E-state index in [9.17, 15) is 4.79 Å². The molecule has 3 aromatic rings. The lowest BCUT2D eigenvalue weighted by atomic mass is 10.1. The number of nitrogens with zero attached hydrogens (tertiary/aromatic N) is 3. The predicted molar refractivity (Wildman–Crippen MR) is 128 cm³/mol. The number of thioether (sulfide) groups is 1. The van der Waals surface area contributed by atoms with Crippen molar-refractivity contribution in [2.45, 2.75) is 23.8 Å². The zero-order valence-corrected chi connectivity index (χ0v) is 19.0. The van der Waals surface area contributed by atoms with Crippen LogP contribution in [0.5, 0.6) is 11.5 Å². The summed E-state index contributed by atoms with van der Waals surface area (Å²) in [5, 5.41) is 4.24. The molecule has 0 radical (unpaired) electrons. The van der Waals surface area contributed by atoms with Gasteiger partial charge in [0.15, 0.2) is 11.5 Å². The molecule has 0 unspecified atom stereocenters. The zero-order chi connectivity index (χ0) is 22.5. The van der Waals surface area contributed by atoms with E-state index >= 15 is 0 Å². The number of rotatable bonds is 7. The highest BCUT2D eigenvalue weighted by Gasteiger charge is 2.24. The maximum absolute atomic E-state index is 11.8. The molecule has 1 amide bonds. The minimum Gasteiger partial charge on any atom is -0.493 e. The minimum absolute atomic E-state index is 0.00508. The molecular weight excluding hydrogens is 424 g/mol. The number of fused-ring (bicyclic) bond motifs is 1. The van der Waals surface area contributed by atoms with Crippen molar-refractivity contribution in [3.63, 3.8) is 0 Å². The molecule has 8 heteroatoms. The number of hydrogen-bond acceptors (Lipinski definition) is 7. The van der Waals surface area contributed by atoms with Crippen molar-refractivity contribution < 1.29 is 14.3 Å². The maximum atomic E-state index is 11.8. The van der Waals surface area contributed by atoms with Gasteiger partial charge in [0.05, 0.1) is 12.6 Å². The Morgan fingerprint density at radius 2 is 2.03 bits per heavy atom. The van der Waals surface area contributed by atoms with E-state index in [0.717, 1.165) is 29.4 Å². The van der Waals surface area contributed by atoms with Crippen LogP contribution >= 0.6 is 11.8 Å². The molecule has 1 saturated heterocycles. The summed E-state index contributed by atoms with van der Waals surface area (Å²) in [6, 6.07) is 12.0. The van der Waals surface area contributed by atoms with Gasteiger partial charge in [-0.15, -0.1) is 11.8 Å². The van der Waals surface area contributed by atoms with Gasteiger partial charge in [-0.25, -0.2) is 9.97 Å². The van der Waals surface area contributed by atoms with Gasteiger partial charge in [-0.1, -0.05) is 12.6 Å². The van der Waals surface area contributed by atoms with E-state index in [0.29, 0.717) is 30.4 Å². The third kappa shape index (κ3) is 4.80. The molecule has 1 N–H and O–H groups in total. The van der Waals surface area contributed by atoms with E-state index in [4.69, 9.17) is 9.47 Å². The second-order valence-corrected chi connectivity index (χ2v) is 8.33. The Morgan fingerprint density at radius 1 is 1.22 bits per heavy atom. The maximum Gasteiger partial charge on any atom is 0.245 e. The van der Waals surface area contributed by atoms with E-state index in [-0.39, 0.29) is 12.0 Å². The molecule has 7 nitrogen and oxygen atoms in total. The number of methoxy groups -OCH3 is 1. The Kier molecular flexibility index (Phi) is 6.80. The van der Waals surface area contributed by atoms with Crippen molar-refractivity contribution in [1.29, 1.82) is 0 Å². The van der Waals surface area contributed by atoms with E-state index in [1.54, 1.807) is 23.8 Å². The molecule has 2 heterocycles. The monoisotopic (exact) mass is 450 g/mol. The van der Waals surface area contributed by atoms with Gasteiger partial charge in [0.2, 0.25) is 5.91 Å². The number of ether oxygens (including phenoxy) is 2. The summed E-state index contributed by atoms with van der Waals surface area (Å²) in [5.41, 5.74) is 1.72. The SMILES string of the molecule is C=CC(=O)N1CCC(Oc2cc3c(Nc4cccc(SC)c4)ncnc3cc2OC)CC1. The third-order valence-electron chi connectivity index (χ3n) is 5.48. The van der Waals surface area contributed by atoms with Crippen molar-refractivity contribution in [3.05, 3.63) is 55.4 Å². The first-order valence-corrected chi connectivity index (χ1v) is 11.7. The summed E-state index contributed by atoms with van der Waals surface area (Å²) in [6.07, 6.45) is 6.44. The number of hydrogen-bond donors (Lipinski definition) is 1. The van der Waals surface area contributed by atoms with Gasteiger partial charge in [0, 0.05) is 48.0 Å². The molecule has 1 aliphatic rings. The van der Waals surface area contributed by atoms with Crippen molar-refractivity contribution in [2.75, 3.05) is 31.8 Å². The Morgan fingerprint density at radius 3 is 2.75 bits per heavy atom. The number of piperidine rings is 1. The number of amides is 1. The summed E-state index contributed by atoms with van der Waals surface area (Å²) < 4.78 is 11.9. The summed E-state index contributed by atoms with van der Waals surface area (Å²) >= 11 is 1.69. The number of nitrogens with one attached hydrogen (secondary N) is 1. The van der Waals surface area contributed by atoms with Crippen molar-refractivity contribution in [1.82, 2.24) is 14.9 Å². The summed E-state index contributed by atoms with van der Waals surface area (Å²) in [6.45, 7) is 4.86. The quantitative estimate of drug-likeness (QED) is 0.414. The molecule has 0 atom stereocenters. The normalized spacial score (nSPS) is 14.2. The largest absolute Gasteiger partial charge is 0.493 e. The highest BCUT2D eigenvalue weighted by molar-refractivity contribution is 7.98. The fourth-order valence-electron chi connectivity index (χ4n) is 3.76. The van der Waals surface area contributed by atoms with Crippen molar-refractivity contribution in [2.24, 2.45) is 0 Å².